The van der Waals surface area contributed by atoms with E-state index in [1.807, 2.05) is 40.6 Å². The normalized spacial score (nSPS) is 16.1. The molecule has 0 fully saturated rings. The number of anilines is 4. The SMILES string of the molecule is C[C@@H]1c2cnc(-c3ncccn3)nc2CCN1c1cc(F)cc(N(C)C)n1.C[C@H]1c2cnc(-c3ncccn3)nc2CCN1c1cc(F)cc(N(C)C)n1. The monoisotopic (exact) mass is 730 g/mol. The molecule has 54 heavy (non-hydrogen) atoms. The molecule has 8 rings (SSSR count). The lowest BCUT2D eigenvalue weighted by Gasteiger charge is -2.35. The van der Waals surface area contributed by atoms with Crippen LogP contribution in [0.15, 0.2) is 73.6 Å². The van der Waals surface area contributed by atoms with Crippen LogP contribution in [-0.2, 0) is 12.8 Å². The van der Waals surface area contributed by atoms with Crippen LogP contribution in [0.4, 0.5) is 32.1 Å². The fraction of sp³-hybridized carbons (Fsp3) is 0.316. The Bertz CT molecular complexity index is 2080. The summed E-state index contributed by atoms with van der Waals surface area (Å²) < 4.78 is 28.1. The summed E-state index contributed by atoms with van der Waals surface area (Å²) >= 11 is 0. The van der Waals surface area contributed by atoms with Crippen molar-refractivity contribution in [1.29, 1.82) is 0 Å². The number of hydrogen-bond acceptors (Lipinski definition) is 14. The van der Waals surface area contributed by atoms with E-state index in [9.17, 15) is 8.78 Å². The van der Waals surface area contributed by atoms with Gasteiger partial charge >= 0.3 is 0 Å². The fourth-order valence-electron chi connectivity index (χ4n) is 6.49. The van der Waals surface area contributed by atoms with Crippen LogP contribution in [-0.4, -0.2) is 91.1 Å². The summed E-state index contributed by atoms with van der Waals surface area (Å²) in [7, 11) is 7.39. The maximum Gasteiger partial charge on any atom is 0.197 e. The Morgan fingerprint density at radius 1 is 0.537 bits per heavy atom. The van der Waals surface area contributed by atoms with Crippen LogP contribution in [0, 0.1) is 11.6 Å². The van der Waals surface area contributed by atoms with E-state index in [0.29, 0.717) is 59.7 Å². The van der Waals surface area contributed by atoms with Crippen LogP contribution >= 0.6 is 0 Å². The number of rotatable bonds is 6. The summed E-state index contributed by atoms with van der Waals surface area (Å²) in [5.74, 6) is 3.90. The predicted molar refractivity (Wildman–Crippen MR) is 202 cm³/mol. The van der Waals surface area contributed by atoms with E-state index in [-0.39, 0.29) is 23.7 Å². The standard InChI is InChI=1S/2C19H20FN7/c2*1-12-14-11-23-19(18-21-6-4-7-22-18)24-15(14)5-8-27(12)17-10-13(20)9-16(25-17)26(2)3/h2*4,6-7,9-12H,5,8H2,1-3H3/t2*12-/m10/s1. The second kappa shape index (κ2) is 15.3. The summed E-state index contributed by atoms with van der Waals surface area (Å²) in [5.41, 5.74) is 3.97. The first-order chi connectivity index (χ1) is 26.0. The Kier molecular flexibility index (Phi) is 10.2. The molecular formula is C38H40F2N14. The summed E-state index contributed by atoms with van der Waals surface area (Å²) in [5, 5.41) is 0. The van der Waals surface area contributed by atoms with Gasteiger partial charge in [-0.3, -0.25) is 0 Å². The first-order valence-electron chi connectivity index (χ1n) is 17.5. The molecule has 0 saturated carbocycles. The van der Waals surface area contributed by atoms with Crippen molar-refractivity contribution in [2.24, 2.45) is 0 Å². The first kappa shape index (κ1) is 36.1. The second-order valence-electron chi connectivity index (χ2n) is 13.4. The number of hydrogen-bond donors (Lipinski definition) is 0. The molecule has 2 atom stereocenters. The smallest absolute Gasteiger partial charge is 0.197 e. The van der Waals surface area contributed by atoms with Crippen LogP contribution < -0.4 is 19.6 Å². The largest absolute Gasteiger partial charge is 0.363 e. The maximum atomic E-state index is 14.1. The van der Waals surface area contributed by atoms with E-state index in [4.69, 9.17) is 0 Å². The zero-order chi connectivity index (χ0) is 37.9. The van der Waals surface area contributed by atoms with Gasteiger partial charge in [0, 0.05) is 127 Å². The molecule has 6 aromatic rings. The van der Waals surface area contributed by atoms with E-state index in [1.54, 1.807) is 46.7 Å². The highest BCUT2D eigenvalue weighted by atomic mass is 19.1. The zero-order valence-corrected chi connectivity index (χ0v) is 30.9. The van der Waals surface area contributed by atoms with Crippen LogP contribution in [0.3, 0.4) is 0 Å². The summed E-state index contributed by atoms with van der Waals surface area (Å²) in [6, 6.07) is 9.31. The van der Waals surface area contributed by atoms with Gasteiger partial charge in [0.05, 0.1) is 23.5 Å². The van der Waals surface area contributed by atoms with Crippen molar-refractivity contribution in [2.45, 2.75) is 38.8 Å². The van der Waals surface area contributed by atoms with Crippen LogP contribution in [0.5, 0.6) is 0 Å². The molecule has 0 unspecified atom stereocenters. The molecule has 6 aromatic heterocycles. The summed E-state index contributed by atoms with van der Waals surface area (Å²) in [4.78, 5) is 52.0. The molecule has 0 aliphatic carbocycles. The molecule has 0 radical (unpaired) electrons. The zero-order valence-electron chi connectivity index (χ0n) is 30.9. The third kappa shape index (κ3) is 7.58. The Morgan fingerprint density at radius 3 is 1.30 bits per heavy atom. The number of nitrogens with zero attached hydrogens (tertiary/aromatic N) is 14. The van der Waals surface area contributed by atoms with E-state index >= 15 is 0 Å². The highest BCUT2D eigenvalue weighted by Gasteiger charge is 2.29. The molecule has 16 heteroatoms. The van der Waals surface area contributed by atoms with E-state index < -0.39 is 0 Å². The molecule has 2 aliphatic heterocycles. The Morgan fingerprint density at radius 2 is 0.926 bits per heavy atom. The summed E-state index contributed by atoms with van der Waals surface area (Å²) in [6.07, 6.45) is 11.8. The second-order valence-corrected chi connectivity index (χ2v) is 13.4. The van der Waals surface area contributed by atoms with Crippen LogP contribution in [0.25, 0.3) is 23.3 Å². The molecule has 0 amide bonds. The number of pyridine rings is 2. The molecular weight excluding hydrogens is 691 g/mol. The van der Waals surface area contributed by atoms with E-state index in [1.165, 1.54) is 24.3 Å². The topological polar surface area (TPSA) is 142 Å². The average molecular weight is 731 g/mol. The Labute approximate surface area is 312 Å². The minimum Gasteiger partial charge on any atom is -0.363 e. The van der Waals surface area contributed by atoms with Crippen molar-refractivity contribution in [2.75, 3.05) is 60.9 Å². The average Bonchev–Trinajstić information content (AvgIpc) is 3.18. The van der Waals surface area contributed by atoms with E-state index in [0.717, 1.165) is 35.4 Å². The van der Waals surface area contributed by atoms with Crippen molar-refractivity contribution in [1.82, 2.24) is 49.8 Å². The Balaban J connectivity index is 0.000000167. The van der Waals surface area contributed by atoms with Gasteiger partial charge < -0.3 is 19.6 Å². The summed E-state index contributed by atoms with van der Waals surface area (Å²) in [6.45, 7) is 5.51. The minimum atomic E-state index is -0.297. The van der Waals surface area contributed by atoms with Gasteiger partial charge in [0.15, 0.2) is 23.3 Å². The van der Waals surface area contributed by atoms with Crippen molar-refractivity contribution in [3.8, 4) is 23.3 Å². The molecule has 0 saturated heterocycles. The fourth-order valence-corrected chi connectivity index (χ4v) is 6.49. The molecule has 0 aromatic carbocycles. The molecule has 0 bridgehead atoms. The maximum absolute atomic E-state index is 14.1. The third-order valence-electron chi connectivity index (χ3n) is 9.38. The van der Waals surface area contributed by atoms with Gasteiger partial charge in [-0.2, -0.15) is 0 Å². The molecule has 14 nitrogen and oxygen atoms in total. The minimum absolute atomic E-state index is 0.0104. The third-order valence-corrected chi connectivity index (χ3v) is 9.38. The highest BCUT2D eigenvalue weighted by molar-refractivity contribution is 5.54. The van der Waals surface area contributed by atoms with Crippen LogP contribution in [0.2, 0.25) is 0 Å². The van der Waals surface area contributed by atoms with Crippen molar-refractivity contribution < 1.29 is 8.78 Å². The lowest BCUT2D eigenvalue weighted by Crippen LogP contribution is -2.35. The van der Waals surface area contributed by atoms with Gasteiger partial charge in [0.2, 0.25) is 0 Å². The Hall–Kier alpha value is -6.32. The van der Waals surface area contributed by atoms with Crippen molar-refractivity contribution in [3.63, 3.8) is 0 Å². The number of halogens is 2. The molecule has 0 N–H and O–H groups in total. The first-order valence-corrected chi connectivity index (χ1v) is 17.5. The predicted octanol–water partition coefficient (Wildman–Crippen LogP) is 5.31. The number of fused-ring (bicyclic) bond motifs is 2. The van der Waals surface area contributed by atoms with Gasteiger partial charge in [-0.25, -0.2) is 58.6 Å². The van der Waals surface area contributed by atoms with E-state index in [2.05, 4.69) is 73.5 Å². The molecule has 0 spiro atoms. The van der Waals surface area contributed by atoms with Crippen molar-refractivity contribution in [3.05, 3.63) is 108 Å². The van der Waals surface area contributed by atoms with Gasteiger partial charge in [-0.05, 0) is 26.0 Å². The molecule has 276 valence electrons. The highest BCUT2D eigenvalue weighted by Crippen LogP contribution is 2.35. The van der Waals surface area contributed by atoms with Crippen LogP contribution in [0.1, 0.15) is 48.4 Å². The van der Waals surface area contributed by atoms with Gasteiger partial charge in [0.1, 0.15) is 34.9 Å². The van der Waals surface area contributed by atoms with Crippen molar-refractivity contribution >= 4 is 23.3 Å². The molecule has 8 heterocycles. The lowest BCUT2D eigenvalue weighted by atomic mass is 9.99. The van der Waals surface area contributed by atoms with Gasteiger partial charge in [-0.15, -0.1) is 0 Å². The quantitative estimate of drug-likeness (QED) is 0.218. The van der Waals surface area contributed by atoms with Gasteiger partial charge in [-0.1, -0.05) is 0 Å². The molecule has 2 aliphatic rings. The number of aromatic nitrogens is 10. The van der Waals surface area contributed by atoms with Gasteiger partial charge in [0.25, 0.3) is 0 Å². The lowest BCUT2D eigenvalue weighted by molar-refractivity contribution is 0.590.